The number of hydrogen-bond acceptors (Lipinski definition) is 5. The van der Waals surface area contributed by atoms with Crippen molar-refractivity contribution in [1.82, 2.24) is 10.4 Å². The van der Waals surface area contributed by atoms with E-state index in [2.05, 4.69) is 20.8 Å². The maximum Gasteiger partial charge on any atom is 0.416 e. The molecule has 1 unspecified atom stereocenters. The molecule has 28 heavy (non-hydrogen) atoms. The lowest BCUT2D eigenvalue weighted by atomic mass is 9.94. The molecule has 1 amide bonds. The van der Waals surface area contributed by atoms with Crippen molar-refractivity contribution in [3.8, 4) is 0 Å². The van der Waals surface area contributed by atoms with Gasteiger partial charge in [0.25, 0.3) is 6.01 Å². The summed E-state index contributed by atoms with van der Waals surface area (Å²) in [5.74, 6) is -0.148. The molecule has 0 spiro atoms. The summed E-state index contributed by atoms with van der Waals surface area (Å²) in [6, 6.07) is 10.1. The number of rotatable bonds is 3. The van der Waals surface area contributed by atoms with Crippen molar-refractivity contribution < 1.29 is 22.4 Å². The van der Waals surface area contributed by atoms with Gasteiger partial charge in [0.15, 0.2) is 5.58 Å². The van der Waals surface area contributed by atoms with Gasteiger partial charge in [0, 0.05) is 23.6 Å². The zero-order chi connectivity index (χ0) is 19.9. The maximum atomic E-state index is 12.6. The normalized spacial score (nSPS) is 17.4. The minimum Gasteiger partial charge on any atom is -0.423 e. The van der Waals surface area contributed by atoms with E-state index < -0.39 is 11.7 Å². The molecule has 144 valence electrons. The fourth-order valence-electron chi connectivity index (χ4n) is 3.01. The first-order valence-electron chi connectivity index (χ1n) is 8.51. The van der Waals surface area contributed by atoms with E-state index in [9.17, 15) is 18.0 Å². The summed E-state index contributed by atoms with van der Waals surface area (Å²) in [5, 5.41) is 6.98. The van der Waals surface area contributed by atoms with Gasteiger partial charge >= 0.3 is 6.18 Å². The minimum atomic E-state index is -4.38. The number of benzene rings is 2. The number of fused-ring (bicyclic) bond motifs is 1. The Morgan fingerprint density at radius 3 is 2.61 bits per heavy atom. The van der Waals surface area contributed by atoms with E-state index in [4.69, 9.17) is 4.42 Å². The average molecular weight is 388 g/mol. The third kappa shape index (κ3) is 3.55. The number of oxazole rings is 1. The molecule has 0 radical (unpaired) electrons. The molecule has 1 aliphatic rings. The van der Waals surface area contributed by atoms with Gasteiger partial charge in [0.1, 0.15) is 5.52 Å². The molecule has 1 aliphatic heterocycles. The second kappa shape index (κ2) is 6.66. The van der Waals surface area contributed by atoms with Gasteiger partial charge < -0.3 is 9.73 Å². The number of anilines is 2. The number of alkyl halides is 3. The van der Waals surface area contributed by atoms with Crippen molar-refractivity contribution in [2.24, 2.45) is 11.0 Å². The monoisotopic (exact) mass is 388 g/mol. The van der Waals surface area contributed by atoms with Crippen LogP contribution in [-0.4, -0.2) is 16.6 Å². The highest BCUT2D eigenvalue weighted by atomic mass is 19.4. The Morgan fingerprint density at radius 1 is 1.18 bits per heavy atom. The van der Waals surface area contributed by atoms with Gasteiger partial charge in [-0.15, -0.1) is 0 Å². The quantitative estimate of drug-likeness (QED) is 0.695. The summed E-state index contributed by atoms with van der Waals surface area (Å²) in [7, 11) is 0. The minimum absolute atomic E-state index is 0.0251. The second-order valence-corrected chi connectivity index (χ2v) is 6.54. The van der Waals surface area contributed by atoms with Gasteiger partial charge in [-0.3, -0.25) is 4.79 Å². The van der Waals surface area contributed by atoms with Gasteiger partial charge in [-0.25, -0.2) is 5.43 Å². The van der Waals surface area contributed by atoms with Crippen LogP contribution in [0.15, 0.2) is 52.0 Å². The zero-order valence-electron chi connectivity index (χ0n) is 14.7. The van der Waals surface area contributed by atoms with E-state index >= 15 is 0 Å². The van der Waals surface area contributed by atoms with Crippen LogP contribution < -0.4 is 10.7 Å². The van der Waals surface area contributed by atoms with Crippen LogP contribution in [0.25, 0.3) is 11.1 Å². The Balaban J connectivity index is 1.58. The summed E-state index contributed by atoms with van der Waals surface area (Å²) in [4.78, 5) is 15.7. The average Bonchev–Trinajstić information content (AvgIpc) is 3.02. The highest BCUT2D eigenvalue weighted by Crippen LogP contribution is 2.31. The van der Waals surface area contributed by atoms with Gasteiger partial charge in [-0.05, 0) is 42.5 Å². The lowest BCUT2D eigenvalue weighted by Crippen LogP contribution is -2.31. The predicted octanol–water partition coefficient (Wildman–Crippen LogP) is 4.45. The number of halogens is 3. The van der Waals surface area contributed by atoms with Crippen molar-refractivity contribution in [2.75, 3.05) is 5.32 Å². The largest absolute Gasteiger partial charge is 0.423 e. The molecule has 2 N–H and O–H groups in total. The summed E-state index contributed by atoms with van der Waals surface area (Å²) in [5.41, 5.74) is 4.83. The number of carbonyl (C=O) groups excluding carboxylic acids is 1. The molecule has 3 aromatic rings. The van der Waals surface area contributed by atoms with Crippen molar-refractivity contribution >= 4 is 34.4 Å². The number of amides is 1. The summed E-state index contributed by atoms with van der Waals surface area (Å²) < 4.78 is 43.5. The number of carbonyl (C=O) groups is 1. The molecule has 0 fully saturated rings. The maximum absolute atomic E-state index is 12.6. The lowest BCUT2D eigenvalue weighted by molar-refractivity contribution is -0.137. The number of nitrogens with one attached hydrogen (secondary N) is 2. The van der Waals surface area contributed by atoms with Crippen molar-refractivity contribution in [3.05, 3.63) is 53.6 Å². The van der Waals surface area contributed by atoms with E-state index in [0.717, 1.165) is 23.4 Å². The number of aromatic nitrogens is 1. The van der Waals surface area contributed by atoms with E-state index in [1.807, 2.05) is 13.0 Å². The molecule has 0 bridgehead atoms. The van der Waals surface area contributed by atoms with Gasteiger partial charge in [0.2, 0.25) is 5.91 Å². The molecule has 4 rings (SSSR count). The summed E-state index contributed by atoms with van der Waals surface area (Å²) in [6.07, 6.45) is -4.03. The second-order valence-electron chi connectivity index (χ2n) is 6.54. The zero-order valence-corrected chi connectivity index (χ0v) is 14.7. The smallest absolute Gasteiger partial charge is 0.416 e. The fraction of sp³-hybridized carbons (Fsp3) is 0.211. The topological polar surface area (TPSA) is 79.5 Å². The van der Waals surface area contributed by atoms with Crippen LogP contribution in [0.1, 0.15) is 24.5 Å². The lowest BCUT2D eigenvalue weighted by Gasteiger charge is -2.18. The number of nitrogens with zero attached hydrogens (tertiary/aromatic N) is 2. The van der Waals surface area contributed by atoms with Crippen molar-refractivity contribution in [2.45, 2.75) is 19.5 Å². The molecule has 0 saturated heterocycles. The van der Waals surface area contributed by atoms with Crippen LogP contribution in [-0.2, 0) is 11.0 Å². The standard InChI is InChI=1S/C19H15F3N4O2/c1-10-8-16(27)25-26-17(10)11-2-7-15-14(9-11)24-18(28-15)23-13-5-3-12(4-6-13)19(20,21)22/h2-7,9-10H,8H2,1H3,(H,23,24)(H,25,27). The Labute approximate surface area is 157 Å². The Hall–Kier alpha value is -3.36. The van der Waals surface area contributed by atoms with Crippen LogP contribution in [0.3, 0.4) is 0 Å². The molecule has 1 aromatic heterocycles. The number of hydrazone groups is 1. The van der Waals surface area contributed by atoms with Gasteiger partial charge in [-0.1, -0.05) is 6.92 Å². The van der Waals surface area contributed by atoms with Gasteiger partial charge in [-0.2, -0.15) is 23.3 Å². The molecule has 9 heteroatoms. The van der Waals surface area contributed by atoms with Crippen LogP contribution in [0.5, 0.6) is 0 Å². The first kappa shape index (κ1) is 18.0. The first-order chi connectivity index (χ1) is 13.3. The molecular weight excluding hydrogens is 373 g/mol. The SMILES string of the molecule is CC1CC(=O)NN=C1c1ccc2oc(Nc3ccc(C(F)(F)F)cc3)nc2c1. The highest BCUT2D eigenvalue weighted by molar-refractivity contribution is 6.07. The molecular formula is C19H15F3N4O2. The van der Waals surface area contributed by atoms with Gasteiger partial charge in [0.05, 0.1) is 11.3 Å². The summed E-state index contributed by atoms with van der Waals surface area (Å²) >= 11 is 0. The van der Waals surface area contributed by atoms with Crippen molar-refractivity contribution in [1.29, 1.82) is 0 Å². The van der Waals surface area contributed by atoms with Crippen LogP contribution in [0.2, 0.25) is 0 Å². The molecule has 0 aliphatic carbocycles. The molecule has 2 aromatic carbocycles. The van der Waals surface area contributed by atoms with E-state index in [0.29, 0.717) is 23.2 Å². The molecule has 6 nitrogen and oxygen atoms in total. The fourth-order valence-corrected chi connectivity index (χ4v) is 3.01. The third-order valence-electron chi connectivity index (χ3n) is 4.41. The van der Waals surface area contributed by atoms with E-state index in [-0.39, 0.29) is 17.8 Å². The Morgan fingerprint density at radius 2 is 1.93 bits per heavy atom. The predicted molar refractivity (Wildman–Crippen MR) is 97.2 cm³/mol. The first-order valence-corrected chi connectivity index (χ1v) is 8.51. The molecule has 0 saturated carbocycles. The summed E-state index contributed by atoms with van der Waals surface area (Å²) in [6.45, 7) is 1.92. The van der Waals surface area contributed by atoms with Crippen LogP contribution in [0.4, 0.5) is 24.9 Å². The Kier molecular flexibility index (Phi) is 4.29. The Bertz CT molecular complexity index is 1070. The van der Waals surface area contributed by atoms with Crippen LogP contribution in [0, 0.1) is 5.92 Å². The third-order valence-corrected chi connectivity index (χ3v) is 4.41. The van der Waals surface area contributed by atoms with E-state index in [1.165, 1.54) is 12.1 Å². The van der Waals surface area contributed by atoms with E-state index in [1.54, 1.807) is 12.1 Å². The van der Waals surface area contributed by atoms with Crippen LogP contribution >= 0.6 is 0 Å². The molecule has 2 heterocycles. The highest BCUT2D eigenvalue weighted by Gasteiger charge is 2.30. The van der Waals surface area contributed by atoms with Crippen molar-refractivity contribution in [3.63, 3.8) is 0 Å². The number of hydrogen-bond donors (Lipinski definition) is 2. The molecule has 1 atom stereocenters.